The number of aromatic hydroxyl groups is 1. The molecule has 1 aromatic heterocycles. The van der Waals surface area contributed by atoms with Crippen molar-refractivity contribution in [1.82, 2.24) is 9.88 Å². The lowest BCUT2D eigenvalue weighted by molar-refractivity contribution is 0.0668. The van der Waals surface area contributed by atoms with Crippen molar-refractivity contribution >= 4 is 5.91 Å². The predicted molar refractivity (Wildman–Crippen MR) is 64.0 cm³/mol. The van der Waals surface area contributed by atoms with Gasteiger partial charge in [0.05, 0.1) is 18.4 Å². The highest BCUT2D eigenvalue weighted by Crippen LogP contribution is 2.10. The molecule has 0 spiro atoms. The third kappa shape index (κ3) is 4.03. The highest BCUT2D eigenvalue weighted by atomic mass is 16.5. The van der Waals surface area contributed by atoms with E-state index in [9.17, 15) is 9.90 Å². The fraction of sp³-hybridized carbons (Fsp3) is 0.500. The van der Waals surface area contributed by atoms with Crippen LogP contribution in [-0.4, -0.2) is 47.2 Å². The Bertz CT molecular complexity index is 369. The molecule has 0 fully saturated rings. The van der Waals surface area contributed by atoms with Crippen molar-refractivity contribution in [3.05, 3.63) is 24.0 Å². The molecule has 1 N–H and O–H groups in total. The van der Waals surface area contributed by atoms with E-state index in [1.807, 2.05) is 13.8 Å². The van der Waals surface area contributed by atoms with E-state index in [1.165, 1.54) is 18.5 Å². The molecule has 17 heavy (non-hydrogen) atoms. The van der Waals surface area contributed by atoms with Gasteiger partial charge in [-0.05, 0) is 19.9 Å². The minimum atomic E-state index is -0.143. The van der Waals surface area contributed by atoms with Crippen LogP contribution in [0.25, 0.3) is 0 Å². The van der Waals surface area contributed by atoms with Crippen LogP contribution in [0, 0.1) is 0 Å². The first-order valence-electron chi connectivity index (χ1n) is 5.70. The highest BCUT2D eigenvalue weighted by molar-refractivity contribution is 5.94. The van der Waals surface area contributed by atoms with Gasteiger partial charge in [-0.15, -0.1) is 0 Å². The Kier molecular flexibility index (Phi) is 5.42. The summed E-state index contributed by atoms with van der Waals surface area (Å²) in [5.74, 6) is -0.146. The van der Waals surface area contributed by atoms with Gasteiger partial charge in [0.25, 0.3) is 5.91 Å². The lowest BCUT2D eigenvalue weighted by atomic mass is 10.2. The summed E-state index contributed by atoms with van der Waals surface area (Å²) in [6, 6.07) is 1.42. The van der Waals surface area contributed by atoms with Gasteiger partial charge in [0.2, 0.25) is 0 Å². The summed E-state index contributed by atoms with van der Waals surface area (Å²) in [5.41, 5.74) is 0.392. The van der Waals surface area contributed by atoms with Gasteiger partial charge in [0.15, 0.2) is 0 Å². The predicted octanol–water partition coefficient (Wildman–Crippen LogP) is 1.29. The Morgan fingerprint density at radius 2 is 2.24 bits per heavy atom. The number of nitrogens with zero attached hydrogens (tertiary/aromatic N) is 2. The largest absolute Gasteiger partial charge is 0.506 e. The van der Waals surface area contributed by atoms with Crippen molar-refractivity contribution in [1.29, 1.82) is 0 Å². The number of hydrogen-bond donors (Lipinski definition) is 1. The number of amides is 1. The molecule has 0 aliphatic rings. The molecule has 1 rings (SSSR count). The van der Waals surface area contributed by atoms with E-state index in [0.717, 1.165) is 0 Å². The Balaban J connectivity index is 2.65. The molecule has 0 unspecified atom stereocenters. The van der Waals surface area contributed by atoms with E-state index in [1.54, 1.807) is 4.90 Å². The standard InChI is InChI=1S/C12H18N2O3/c1-3-14(5-6-17-4-2)12(16)10-7-11(15)9-13-8-10/h7-9,15H,3-6H2,1-2H3. The van der Waals surface area contributed by atoms with Crippen molar-refractivity contribution in [3.8, 4) is 5.75 Å². The van der Waals surface area contributed by atoms with Crippen LogP contribution in [0.3, 0.4) is 0 Å². The molecule has 0 atom stereocenters. The van der Waals surface area contributed by atoms with E-state index in [0.29, 0.717) is 31.9 Å². The maximum absolute atomic E-state index is 12.0. The third-order valence-corrected chi connectivity index (χ3v) is 2.35. The maximum Gasteiger partial charge on any atom is 0.255 e. The topological polar surface area (TPSA) is 62.7 Å². The average molecular weight is 238 g/mol. The van der Waals surface area contributed by atoms with Crippen LogP contribution in [0.2, 0.25) is 0 Å². The number of carbonyl (C=O) groups excluding carboxylic acids is 1. The molecule has 1 aromatic rings. The zero-order chi connectivity index (χ0) is 12.7. The van der Waals surface area contributed by atoms with Gasteiger partial charge < -0.3 is 14.7 Å². The molecule has 94 valence electrons. The Morgan fingerprint density at radius 3 is 2.82 bits per heavy atom. The molecule has 0 bridgehead atoms. The number of aromatic nitrogens is 1. The summed E-state index contributed by atoms with van der Waals surface area (Å²) in [7, 11) is 0. The van der Waals surface area contributed by atoms with Gasteiger partial charge in [-0.1, -0.05) is 0 Å². The average Bonchev–Trinajstić information content (AvgIpc) is 2.34. The van der Waals surface area contributed by atoms with E-state index in [2.05, 4.69) is 4.98 Å². The zero-order valence-electron chi connectivity index (χ0n) is 10.2. The van der Waals surface area contributed by atoms with Crippen molar-refractivity contribution < 1.29 is 14.6 Å². The SMILES string of the molecule is CCOCCN(CC)C(=O)c1cncc(O)c1. The molecular formula is C12H18N2O3. The minimum absolute atomic E-state index is 0.00305. The molecule has 1 amide bonds. The summed E-state index contributed by atoms with van der Waals surface area (Å²) < 4.78 is 5.22. The van der Waals surface area contributed by atoms with Crippen LogP contribution in [0.15, 0.2) is 18.5 Å². The molecule has 5 heteroatoms. The Hall–Kier alpha value is -1.62. The summed E-state index contributed by atoms with van der Waals surface area (Å²) in [6.45, 7) is 6.11. The smallest absolute Gasteiger partial charge is 0.255 e. The van der Waals surface area contributed by atoms with Gasteiger partial charge in [-0.2, -0.15) is 0 Å². The molecule has 0 radical (unpaired) electrons. The summed E-state index contributed by atoms with van der Waals surface area (Å²) in [4.78, 5) is 17.5. The first-order chi connectivity index (χ1) is 8.19. The number of likely N-dealkylation sites (N-methyl/N-ethyl adjacent to an activating group) is 1. The lowest BCUT2D eigenvalue weighted by Gasteiger charge is -2.20. The lowest BCUT2D eigenvalue weighted by Crippen LogP contribution is -2.33. The van der Waals surface area contributed by atoms with Crippen LogP contribution >= 0.6 is 0 Å². The number of pyridine rings is 1. The van der Waals surface area contributed by atoms with Gasteiger partial charge in [-0.25, -0.2) is 0 Å². The highest BCUT2D eigenvalue weighted by Gasteiger charge is 2.14. The van der Waals surface area contributed by atoms with Crippen molar-refractivity contribution in [2.24, 2.45) is 0 Å². The maximum atomic E-state index is 12.0. The minimum Gasteiger partial charge on any atom is -0.506 e. The fourth-order valence-electron chi connectivity index (χ4n) is 1.45. The van der Waals surface area contributed by atoms with E-state index < -0.39 is 0 Å². The van der Waals surface area contributed by atoms with Gasteiger partial charge in [-0.3, -0.25) is 9.78 Å². The second kappa shape index (κ2) is 6.85. The van der Waals surface area contributed by atoms with Crippen molar-refractivity contribution in [3.63, 3.8) is 0 Å². The number of rotatable bonds is 6. The molecule has 0 aliphatic heterocycles. The number of carbonyl (C=O) groups is 1. The molecule has 0 aliphatic carbocycles. The Morgan fingerprint density at radius 1 is 1.47 bits per heavy atom. The second-order valence-electron chi connectivity index (χ2n) is 3.51. The van der Waals surface area contributed by atoms with Gasteiger partial charge in [0, 0.05) is 25.9 Å². The summed E-state index contributed by atoms with van der Waals surface area (Å²) in [5, 5.41) is 9.27. The molecule has 5 nitrogen and oxygen atoms in total. The van der Waals surface area contributed by atoms with Crippen LogP contribution in [0.5, 0.6) is 5.75 Å². The van der Waals surface area contributed by atoms with Crippen molar-refractivity contribution in [2.45, 2.75) is 13.8 Å². The fourth-order valence-corrected chi connectivity index (χ4v) is 1.45. The summed E-state index contributed by atoms with van der Waals surface area (Å²) >= 11 is 0. The van der Waals surface area contributed by atoms with E-state index in [4.69, 9.17) is 4.74 Å². The summed E-state index contributed by atoms with van der Waals surface area (Å²) in [6.07, 6.45) is 2.75. The van der Waals surface area contributed by atoms with E-state index in [-0.39, 0.29) is 11.7 Å². The molecule has 0 saturated carbocycles. The van der Waals surface area contributed by atoms with Gasteiger partial charge >= 0.3 is 0 Å². The second-order valence-corrected chi connectivity index (χ2v) is 3.51. The normalized spacial score (nSPS) is 10.2. The Labute approximate surface area is 101 Å². The number of ether oxygens (including phenoxy) is 1. The molecule has 0 saturated heterocycles. The first kappa shape index (κ1) is 13.4. The quantitative estimate of drug-likeness (QED) is 0.758. The van der Waals surface area contributed by atoms with Crippen LogP contribution < -0.4 is 0 Å². The van der Waals surface area contributed by atoms with E-state index >= 15 is 0 Å². The van der Waals surface area contributed by atoms with Crippen molar-refractivity contribution in [2.75, 3.05) is 26.3 Å². The number of hydrogen-bond acceptors (Lipinski definition) is 4. The zero-order valence-corrected chi connectivity index (χ0v) is 10.2. The van der Waals surface area contributed by atoms with Crippen LogP contribution in [-0.2, 0) is 4.74 Å². The molecule has 0 aromatic carbocycles. The van der Waals surface area contributed by atoms with Crippen LogP contribution in [0.4, 0.5) is 0 Å². The van der Waals surface area contributed by atoms with Crippen LogP contribution in [0.1, 0.15) is 24.2 Å². The third-order valence-electron chi connectivity index (χ3n) is 2.35. The monoisotopic (exact) mass is 238 g/mol. The first-order valence-corrected chi connectivity index (χ1v) is 5.70. The van der Waals surface area contributed by atoms with Gasteiger partial charge in [0.1, 0.15) is 5.75 Å². The molecular weight excluding hydrogens is 220 g/mol. The molecule has 1 heterocycles.